The van der Waals surface area contributed by atoms with Crippen molar-refractivity contribution in [1.82, 2.24) is 5.32 Å². The minimum Gasteiger partial charge on any atom is -0.378 e. The van der Waals surface area contributed by atoms with E-state index in [1.807, 2.05) is 0 Å². The summed E-state index contributed by atoms with van der Waals surface area (Å²) in [5, 5.41) is 3.82. The van der Waals surface area contributed by atoms with Gasteiger partial charge in [0.05, 0.1) is 12.2 Å². The molecule has 10 unspecified atom stereocenters. The summed E-state index contributed by atoms with van der Waals surface area (Å²) < 4.78 is 13.3. The fourth-order valence-electron chi connectivity index (χ4n) is 12.5. The van der Waals surface area contributed by atoms with Gasteiger partial charge in [0.2, 0.25) is 0 Å². The summed E-state index contributed by atoms with van der Waals surface area (Å²) in [6, 6.07) is 0. The van der Waals surface area contributed by atoms with Crippen molar-refractivity contribution in [3.8, 4) is 0 Å². The minimum absolute atomic E-state index is 0.308. The van der Waals surface area contributed by atoms with Crippen LogP contribution in [0.4, 0.5) is 0 Å². The molecule has 0 aromatic carbocycles. The Morgan fingerprint density at radius 3 is 1.90 bits per heavy atom. The third-order valence-electron chi connectivity index (χ3n) is 15.5. The zero-order chi connectivity index (χ0) is 36.4. The lowest BCUT2D eigenvalue weighted by molar-refractivity contribution is -0.192. The van der Waals surface area contributed by atoms with Crippen LogP contribution in [0.5, 0.6) is 0 Å². The second-order valence-corrected chi connectivity index (χ2v) is 18.8. The molecule has 5 nitrogen and oxygen atoms in total. The Labute approximate surface area is 318 Å². The van der Waals surface area contributed by atoms with Gasteiger partial charge in [0, 0.05) is 13.2 Å². The van der Waals surface area contributed by atoms with Gasteiger partial charge < -0.3 is 26.3 Å². The predicted octanol–water partition coefficient (Wildman–Crippen LogP) is 11.2. The van der Waals surface area contributed by atoms with Crippen molar-refractivity contribution in [2.75, 3.05) is 39.4 Å². The number of ether oxygens (including phenoxy) is 2. The molecule has 0 radical (unpaired) electrons. The topological polar surface area (TPSA) is 82.5 Å². The number of rotatable bonds is 28. The molecule has 5 heteroatoms. The smallest absolute Gasteiger partial charge is 0.0637 e. The van der Waals surface area contributed by atoms with E-state index in [9.17, 15) is 0 Å². The first-order chi connectivity index (χ1) is 24.9. The standard InChI is InChI=1S/C46H89N3O2/c1-5-6-7-8-9-10-11-12-13-14-15-16-17-18-31-49-32-19-22-37(2)41-25-26-42-40-24-23-38-35-39(50-33-20-29-47)27-28-45(38,3)43(40)36-44(46(41,42)4)51-34-21-30-48/h37-44,49H,5-36,47-48H2,1-4H3. The van der Waals surface area contributed by atoms with Crippen molar-refractivity contribution < 1.29 is 9.47 Å². The Morgan fingerprint density at radius 1 is 0.647 bits per heavy atom. The molecule has 0 amide bonds. The first-order valence-electron chi connectivity index (χ1n) is 23.2. The van der Waals surface area contributed by atoms with Crippen molar-refractivity contribution in [3.05, 3.63) is 0 Å². The molecule has 10 atom stereocenters. The van der Waals surface area contributed by atoms with Gasteiger partial charge in [-0.15, -0.1) is 0 Å². The molecule has 51 heavy (non-hydrogen) atoms. The third-order valence-corrected chi connectivity index (χ3v) is 15.5. The van der Waals surface area contributed by atoms with E-state index in [0.717, 1.165) is 74.7 Å². The number of nitrogens with two attached hydrogens (primary N) is 2. The molecule has 4 aliphatic carbocycles. The highest BCUT2D eigenvalue weighted by molar-refractivity contribution is 5.13. The molecule has 0 spiro atoms. The number of fused-ring (bicyclic) bond motifs is 5. The second-order valence-electron chi connectivity index (χ2n) is 18.8. The third kappa shape index (κ3) is 12.4. The molecule has 4 fully saturated rings. The van der Waals surface area contributed by atoms with Crippen molar-refractivity contribution in [2.24, 2.45) is 57.8 Å². The summed E-state index contributed by atoms with van der Waals surface area (Å²) in [6.07, 6.45) is 36.3. The lowest BCUT2D eigenvalue weighted by atomic mass is 9.43. The Kier molecular flexibility index (Phi) is 20.2. The van der Waals surface area contributed by atoms with E-state index >= 15 is 0 Å². The van der Waals surface area contributed by atoms with Gasteiger partial charge in [0.1, 0.15) is 0 Å². The van der Waals surface area contributed by atoms with Gasteiger partial charge in [-0.2, -0.15) is 0 Å². The van der Waals surface area contributed by atoms with Crippen LogP contribution in [0.3, 0.4) is 0 Å². The maximum atomic E-state index is 6.99. The summed E-state index contributed by atoms with van der Waals surface area (Å²) >= 11 is 0. The molecule has 4 rings (SSSR count). The molecule has 5 N–H and O–H groups in total. The molecule has 0 saturated heterocycles. The van der Waals surface area contributed by atoms with Crippen LogP contribution in [0.1, 0.15) is 195 Å². The van der Waals surface area contributed by atoms with Crippen LogP contribution in [0.25, 0.3) is 0 Å². The molecule has 0 heterocycles. The van der Waals surface area contributed by atoms with Crippen LogP contribution in [-0.2, 0) is 9.47 Å². The average Bonchev–Trinajstić information content (AvgIpc) is 3.49. The van der Waals surface area contributed by atoms with Gasteiger partial charge in [-0.05, 0) is 156 Å². The fourth-order valence-corrected chi connectivity index (χ4v) is 12.5. The molecule has 0 aromatic rings. The second kappa shape index (κ2) is 23.7. The first kappa shape index (κ1) is 43.5. The normalized spacial score (nSPS) is 33.9. The summed E-state index contributed by atoms with van der Waals surface area (Å²) in [7, 11) is 0. The van der Waals surface area contributed by atoms with Crippen LogP contribution in [0, 0.1) is 46.3 Å². The Balaban J connectivity index is 1.16. The summed E-state index contributed by atoms with van der Waals surface area (Å²) in [5.74, 6) is 4.86. The Morgan fingerprint density at radius 2 is 1.25 bits per heavy atom. The van der Waals surface area contributed by atoms with Crippen LogP contribution in [0.2, 0.25) is 0 Å². The molecular formula is C46H89N3O2. The molecule has 4 aliphatic rings. The zero-order valence-corrected chi connectivity index (χ0v) is 34.7. The van der Waals surface area contributed by atoms with E-state index in [-0.39, 0.29) is 0 Å². The van der Waals surface area contributed by atoms with Gasteiger partial charge in [0.25, 0.3) is 0 Å². The van der Waals surface area contributed by atoms with E-state index in [2.05, 4.69) is 33.0 Å². The van der Waals surface area contributed by atoms with Gasteiger partial charge in [-0.3, -0.25) is 0 Å². The largest absolute Gasteiger partial charge is 0.378 e. The first-order valence-corrected chi connectivity index (χ1v) is 23.2. The monoisotopic (exact) mass is 716 g/mol. The van der Waals surface area contributed by atoms with Gasteiger partial charge in [0.15, 0.2) is 0 Å². The van der Waals surface area contributed by atoms with Gasteiger partial charge in [-0.1, -0.05) is 111 Å². The van der Waals surface area contributed by atoms with Crippen LogP contribution < -0.4 is 16.8 Å². The number of unbranched alkanes of at least 4 members (excludes halogenated alkanes) is 13. The van der Waals surface area contributed by atoms with E-state index in [4.69, 9.17) is 20.9 Å². The van der Waals surface area contributed by atoms with Gasteiger partial charge >= 0.3 is 0 Å². The highest BCUT2D eigenvalue weighted by Crippen LogP contribution is 2.69. The van der Waals surface area contributed by atoms with Crippen molar-refractivity contribution >= 4 is 0 Å². The summed E-state index contributed by atoms with van der Waals surface area (Å²) in [6.45, 7) is 15.8. The predicted molar refractivity (Wildman–Crippen MR) is 219 cm³/mol. The maximum absolute atomic E-state index is 6.99. The number of hydrogen-bond acceptors (Lipinski definition) is 5. The van der Waals surface area contributed by atoms with E-state index < -0.39 is 0 Å². The summed E-state index contributed by atoms with van der Waals surface area (Å²) in [4.78, 5) is 0. The van der Waals surface area contributed by atoms with E-state index in [1.54, 1.807) is 0 Å². The fraction of sp³-hybridized carbons (Fsp3) is 1.00. The van der Waals surface area contributed by atoms with E-state index in [1.165, 1.54) is 167 Å². The van der Waals surface area contributed by atoms with E-state index in [0.29, 0.717) is 23.0 Å². The minimum atomic E-state index is 0.308. The van der Waals surface area contributed by atoms with Gasteiger partial charge in [-0.25, -0.2) is 0 Å². The molecular weight excluding hydrogens is 627 g/mol. The molecule has 0 aromatic heterocycles. The molecule has 0 aliphatic heterocycles. The van der Waals surface area contributed by atoms with Crippen LogP contribution in [-0.4, -0.2) is 51.6 Å². The summed E-state index contributed by atoms with van der Waals surface area (Å²) in [5.41, 5.74) is 12.5. The zero-order valence-electron chi connectivity index (χ0n) is 34.7. The molecule has 4 saturated carbocycles. The lowest BCUT2D eigenvalue weighted by Gasteiger charge is -2.63. The molecule has 0 bridgehead atoms. The van der Waals surface area contributed by atoms with Crippen molar-refractivity contribution in [1.29, 1.82) is 0 Å². The highest BCUT2D eigenvalue weighted by Gasteiger charge is 2.64. The Hall–Kier alpha value is -0.200. The SMILES string of the molecule is CCCCCCCCCCCCCCCCNCCCC(C)C1CCC2C3CCC4CC(OCCCN)CCC4(C)C3CC(OCCCN)C12C. The number of nitrogens with one attached hydrogen (secondary N) is 1. The maximum Gasteiger partial charge on any atom is 0.0637 e. The van der Waals surface area contributed by atoms with Crippen LogP contribution >= 0.6 is 0 Å². The highest BCUT2D eigenvalue weighted by atomic mass is 16.5. The number of hydrogen-bond donors (Lipinski definition) is 3. The Bertz CT molecular complexity index is 902. The quantitative estimate of drug-likeness (QED) is 0.0703. The average molecular weight is 716 g/mol. The van der Waals surface area contributed by atoms with Crippen LogP contribution in [0.15, 0.2) is 0 Å². The molecule has 300 valence electrons. The van der Waals surface area contributed by atoms with Crippen molar-refractivity contribution in [3.63, 3.8) is 0 Å². The van der Waals surface area contributed by atoms with Crippen molar-refractivity contribution in [2.45, 2.75) is 207 Å². The lowest BCUT2D eigenvalue weighted by Crippen LogP contribution is -2.59.